The molecule has 0 aromatic carbocycles. The SMILES string of the molecule is CC(C)C[C@@](N)(C(=O)O)[C@@](N)(CC=O)C(=O)O. The van der Waals surface area contributed by atoms with Crippen LogP contribution >= 0.6 is 0 Å². The molecule has 0 aliphatic heterocycles. The first-order valence-corrected chi connectivity index (χ1v) is 5.10. The second-order valence-corrected chi connectivity index (χ2v) is 4.52. The minimum absolute atomic E-state index is 0.140. The molecule has 0 heterocycles. The van der Waals surface area contributed by atoms with Crippen molar-refractivity contribution >= 4 is 18.2 Å². The Morgan fingerprint density at radius 3 is 1.82 bits per heavy atom. The van der Waals surface area contributed by atoms with E-state index in [1.54, 1.807) is 13.8 Å². The third-order valence-corrected chi connectivity index (χ3v) is 2.69. The molecule has 0 saturated heterocycles. The van der Waals surface area contributed by atoms with E-state index in [0.717, 1.165) is 0 Å². The van der Waals surface area contributed by atoms with E-state index in [0.29, 0.717) is 0 Å². The number of rotatable bonds is 7. The number of hydrogen-bond acceptors (Lipinski definition) is 5. The van der Waals surface area contributed by atoms with Gasteiger partial charge in [-0.15, -0.1) is 0 Å². The van der Waals surface area contributed by atoms with Crippen molar-refractivity contribution in [1.29, 1.82) is 0 Å². The number of carbonyl (C=O) groups is 3. The molecule has 0 rings (SSSR count). The number of carboxylic acids is 2. The quantitative estimate of drug-likeness (QED) is 0.430. The van der Waals surface area contributed by atoms with Gasteiger partial charge in [-0.2, -0.15) is 0 Å². The average molecular weight is 246 g/mol. The molecule has 0 aromatic rings. The maximum Gasteiger partial charge on any atom is 0.326 e. The van der Waals surface area contributed by atoms with Crippen molar-refractivity contribution in [3.05, 3.63) is 0 Å². The first-order chi connectivity index (χ1) is 7.61. The highest BCUT2D eigenvalue weighted by molar-refractivity contribution is 5.94. The Hall–Kier alpha value is -1.47. The largest absolute Gasteiger partial charge is 0.480 e. The van der Waals surface area contributed by atoms with Gasteiger partial charge in [-0.25, -0.2) is 0 Å². The Labute approximate surface area is 98.8 Å². The molecule has 7 nitrogen and oxygen atoms in total. The van der Waals surface area contributed by atoms with Crippen LogP contribution in [0.1, 0.15) is 26.7 Å². The lowest BCUT2D eigenvalue weighted by Crippen LogP contribution is -2.74. The van der Waals surface area contributed by atoms with Crippen LogP contribution in [-0.2, 0) is 14.4 Å². The predicted octanol–water partition coefficient (Wildman–Crippen LogP) is -0.814. The van der Waals surface area contributed by atoms with Crippen LogP contribution in [0.25, 0.3) is 0 Å². The molecule has 0 unspecified atom stereocenters. The Bertz CT molecular complexity index is 331. The summed E-state index contributed by atoms with van der Waals surface area (Å²) in [7, 11) is 0. The van der Waals surface area contributed by atoms with Gasteiger partial charge in [0.2, 0.25) is 0 Å². The Morgan fingerprint density at radius 2 is 1.59 bits per heavy atom. The van der Waals surface area contributed by atoms with E-state index in [9.17, 15) is 14.4 Å². The van der Waals surface area contributed by atoms with E-state index in [2.05, 4.69) is 0 Å². The minimum Gasteiger partial charge on any atom is -0.480 e. The van der Waals surface area contributed by atoms with Crippen molar-refractivity contribution in [3.63, 3.8) is 0 Å². The molecule has 0 amide bonds. The highest BCUT2D eigenvalue weighted by atomic mass is 16.4. The van der Waals surface area contributed by atoms with E-state index in [-0.39, 0.29) is 18.6 Å². The Balaban J connectivity index is 5.61. The van der Waals surface area contributed by atoms with Crippen molar-refractivity contribution in [3.8, 4) is 0 Å². The van der Waals surface area contributed by atoms with Gasteiger partial charge >= 0.3 is 11.9 Å². The zero-order valence-corrected chi connectivity index (χ0v) is 9.84. The van der Waals surface area contributed by atoms with Gasteiger partial charge in [0, 0.05) is 6.42 Å². The van der Waals surface area contributed by atoms with Crippen molar-refractivity contribution in [2.24, 2.45) is 17.4 Å². The van der Waals surface area contributed by atoms with Crippen LogP contribution < -0.4 is 11.5 Å². The maximum atomic E-state index is 11.2. The van der Waals surface area contributed by atoms with Gasteiger partial charge in [0.1, 0.15) is 17.4 Å². The Kier molecular flexibility index (Phi) is 4.79. The fourth-order valence-electron chi connectivity index (χ4n) is 1.70. The molecule has 0 aliphatic carbocycles. The summed E-state index contributed by atoms with van der Waals surface area (Å²) in [5, 5.41) is 18.1. The first-order valence-electron chi connectivity index (χ1n) is 5.10. The van der Waals surface area contributed by atoms with E-state index in [1.165, 1.54) is 0 Å². The third kappa shape index (κ3) is 2.80. The number of hydrogen-bond donors (Lipinski definition) is 4. The summed E-state index contributed by atoms with van der Waals surface area (Å²) in [6.07, 6.45) is -0.532. The van der Waals surface area contributed by atoms with E-state index in [1.807, 2.05) is 0 Å². The predicted molar refractivity (Wildman–Crippen MR) is 59.2 cm³/mol. The lowest BCUT2D eigenvalue weighted by Gasteiger charge is -2.39. The summed E-state index contributed by atoms with van der Waals surface area (Å²) >= 11 is 0. The van der Waals surface area contributed by atoms with E-state index >= 15 is 0 Å². The van der Waals surface area contributed by atoms with Gasteiger partial charge in [0.05, 0.1) is 0 Å². The molecule has 2 atom stereocenters. The Morgan fingerprint density at radius 1 is 1.18 bits per heavy atom. The van der Waals surface area contributed by atoms with Crippen LogP contribution in [0.3, 0.4) is 0 Å². The molecule has 0 bridgehead atoms. The lowest BCUT2D eigenvalue weighted by molar-refractivity contribution is -0.159. The van der Waals surface area contributed by atoms with E-state index in [4.69, 9.17) is 21.7 Å². The molecular weight excluding hydrogens is 228 g/mol. The fourth-order valence-corrected chi connectivity index (χ4v) is 1.70. The standard InChI is InChI=1S/C10H18N2O5/c1-6(2)5-10(12,8(16)17)9(11,3-4-13)7(14)15/h4,6H,3,5,11-12H2,1-2H3,(H,14,15)(H,16,17)/t9-,10-/m1/s1. The van der Waals surface area contributed by atoms with Crippen molar-refractivity contribution in [2.75, 3.05) is 0 Å². The van der Waals surface area contributed by atoms with Gasteiger partial charge < -0.3 is 26.5 Å². The maximum absolute atomic E-state index is 11.2. The first kappa shape index (κ1) is 15.5. The molecule has 0 aliphatic rings. The van der Waals surface area contributed by atoms with Gasteiger partial charge in [-0.1, -0.05) is 13.8 Å². The van der Waals surface area contributed by atoms with Crippen LogP contribution in [-0.4, -0.2) is 39.5 Å². The highest BCUT2D eigenvalue weighted by Gasteiger charge is 2.57. The summed E-state index contributed by atoms with van der Waals surface area (Å²) in [4.78, 5) is 32.8. The van der Waals surface area contributed by atoms with Crippen molar-refractivity contribution in [2.45, 2.75) is 37.8 Å². The fraction of sp³-hybridized carbons (Fsp3) is 0.700. The van der Waals surface area contributed by atoms with E-state index < -0.39 is 29.4 Å². The second-order valence-electron chi connectivity index (χ2n) is 4.52. The molecule has 98 valence electrons. The summed E-state index contributed by atoms with van der Waals surface area (Å²) in [6.45, 7) is 3.38. The molecular formula is C10H18N2O5. The number of nitrogens with two attached hydrogens (primary N) is 2. The summed E-state index contributed by atoms with van der Waals surface area (Å²) < 4.78 is 0. The molecule has 0 radical (unpaired) electrons. The second kappa shape index (κ2) is 5.24. The molecule has 6 N–H and O–H groups in total. The zero-order valence-electron chi connectivity index (χ0n) is 9.84. The summed E-state index contributed by atoms with van der Waals surface area (Å²) in [5.74, 6) is -3.31. The van der Waals surface area contributed by atoms with Gasteiger partial charge in [-0.05, 0) is 12.3 Å². The highest BCUT2D eigenvalue weighted by Crippen LogP contribution is 2.28. The third-order valence-electron chi connectivity index (χ3n) is 2.69. The molecule has 0 spiro atoms. The molecule has 0 aromatic heterocycles. The van der Waals surface area contributed by atoms with Crippen LogP contribution in [0.5, 0.6) is 0 Å². The number of aldehydes is 1. The average Bonchev–Trinajstić information content (AvgIpc) is 2.15. The topological polar surface area (TPSA) is 144 Å². The molecule has 7 heteroatoms. The van der Waals surface area contributed by atoms with Crippen molar-refractivity contribution in [1.82, 2.24) is 0 Å². The van der Waals surface area contributed by atoms with Crippen LogP contribution in [0.2, 0.25) is 0 Å². The van der Waals surface area contributed by atoms with Crippen LogP contribution in [0.4, 0.5) is 0 Å². The van der Waals surface area contributed by atoms with Crippen LogP contribution in [0.15, 0.2) is 0 Å². The zero-order chi connectivity index (χ0) is 13.9. The normalized spacial score (nSPS) is 18.2. The van der Waals surface area contributed by atoms with Gasteiger partial charge in [0.15, 0.2) is 0 Å². The molecule has 0 fully saturated rings. The number of carboxylic acid groups (broad SMARTS) is 2. The summed E-state index contributed by atoms with van der Waals surface area (Å²) in [5.41, 5.74) is 6.68. The number of aliphatic carboxylic acids is 2. The summed E-state index contributed by atoms with van der Waals surface area (Å²) in [6, 6.07) is 0. The van der Waals surface area contributed by atoms with Gasteiger partial charge in [-0.3, -0.25) is 9.59 Å². The molecule has 17 heavy (non-hydrogen) atoms. The van der Waals surface area contributed by atoms with Crippen LogP contribution in [0, 0.1) is 5.92 Å². The number of carbonyl (C=O) groups excluding carboxylic acids is 1. The van der Waals surface area contributed by atoms with Gasteiger partial charge in [0.25, 0.3) is 0 Å². The minimum atomic E-state index is -2.31. The monoisotopic (exact) mass is 246 g/mol. The lowest BCUT2D eigenvalue weighted by atomic mass is 9.71. The van der Waals surface area contributed by atoms with Crippen molar-refractivity contribution < 1.29 is 24.6 Å². The smallest absolute Gasteiger partial charge is 0.326 e. The molecule has 0 saturated carbocycles.